The molecule has 2 aliphatic carbocycles. The molecule has 0 spiro atoms. The van der Waals surface area contributed by atoms with Crippen LogP contribution >= 0.6 is 0 Å². The second kappa shape index (κ2) is 11.8. The molecule has 2 atom stereocenters. The fourth-order valence-corrected chi connectivity index (χ4v) is 6.46. The van der Waals surface area contributed by atoms with Crippen molar-refractivity contribution >= 4 is 5.97 Å². The Morgan fingerprint density at radius 1 is 0.978 bits per heavy atom. The average Bonchev–Trinajstić information content (AvgIpc) is 3.61. The van der Waals surface area contributed by atoms with Gasteiger partial charge in [0.25, 0.3) is 0 Å². The van der Waals surface area contributed by atoms with E-state index in [1.165, 1.54) is 37.4 Å². The van der Waals surface area contributed by atoms with E-state index in [-0.39, 0.29) is 43.3 Å². The van der Waals surface area contributed by atoms with Crippen LogP contribution in [-0.4, -0.2) is 42.9 Å². The van der Waals surface area contributed by atoms with Gasteiger partial charge in [-0.25, -0.2) is 8.78 Å². The normalized spacial score (nSPS) is 21.4. The van der Waals surface area contributed by atoms with Crippen molar-refractivity contribution in [3.8, 4) is 28.4 Å². The van der Waals surface area contributed by atoms with Gasteiger partial charge in [0.15, 0.2) is 0 Å². The van der Waals surface area contributed by atoms with E-state index in [9.17, 15) is 31.9 Å². The summed E-state index contributed by atoms with van der Waals surface area (Å²) < 4.78 is 92.2. The predicted molar refractivity (Wildman–Crippen MR) is 154 cm³/mol. The average molecular weight is 633 g/mol. The van der Waals surface area contributed by atoms with E-state index in [1.807, 2.05) is 6.07 Å². The van der Waals surface area contributed by atoms with E-state index in [4.69, 9.17) is 18.9 Å². The first-order chi connectivity index (χ1) is 21.3. The van der Waals surface area contributed by atoms with E-state index in [2.05, 4.69) is 0 Å². The number of alkyl halides is 5. The lowest BCUT2D eigenvalue weighted by Crippen LogP contribution is -2.43. The molecule has 1 aliphatic heterocycles. The van der Waals surface area contributed by atoms with Crippen molar-refractivity contribution in [2.24, 2.45) is 0 Å². The Morgan fingerprint density at radius 3 is 2.36 bits per heavy atom. The van der Waals surface area contributed by atoms with E-state index < -0.39 is 42.2 Å². The van der Waals surface area contributed by atoms with E-state index in [0.717, 1.165) is 11.6 Å². The van der Waals surface area contributed by atoms with Crippen molar-refractivity contribution < 1.29 is 50.8 Å². The molecular formula is C34H33F5O6. The predicted octanol–water partition coefficient (Wildman–Crippen LogP) is 7.80. The minimum absolute atomic E-state index is 0.0775. The van der Waals surface area contributed by atoms with Crippen LogP contribution < -0.4 is 14.2 Å². The summed E-state index contributed by atoms with van der Waals surface area (Å²) in [5.41, 5.74) is 0.388. The fourth-order valence-electron chi connectivity index (χ4n) is 6.46. The van der Waals surface area contributed by atoms with Gasteiger partial charge in [-0.1, -0.05) is 24.3 Å². The zero-order valence-electron chi connectivity index (χ0n) is 24.6. The standard InChI is InChI=1S/C34H33F5O6/c1-42-30(40)16-21-18-43-29-17-23(6-7-24(21)29)45-28-11-9-26-25(28)8-10-27(34(37,38)39)31(26)20-2-4-22(5-3-20)44-19-32(41)12-14-33(35,36)15-13-32/h2-8,10,17,21,28,41H,9,11-16,18-19H2,1H3/t21-,28-/m1/s1. The highest BCUT2D eigenvalue weighted by Crippen LogP contribution is 2.47. The summed E-state index contributed by atoms with van der Waals surface area (Å²) in [4.78, 5) is 11.7. The lowest BCUT2D eigenvalue weighted by molar-refractivity contribution is -0.141. The summed E-state index contributed by atoms with van der Waals surface area (Å²) in [6.45, 7) is 0.156. The topological polar surface area (TPSA) is 74.2 Å². The van der Waals surface area contributed by atoms with Gasteiger partial charge >= 0.3 is 12.1 Å². The van der Waals surface area contributed by atoms with Gasteiger partial charge in [0.2, 0.25) is 5.92 Å². The second-order valence-corrected chi connectivity index (χ2v) is 12.1. The molecule has 6 nitrogen and oxygen atoms in total. The molecule has 0 radical (unpaired) electrons. The molecule has 1 saturated carbocycles. The van der Waals surface area contributed by atoms with Crippen LogP contribution in [0.1, 0.15) is 72.8 Å². The molecule has 1 fully saturated rings. The number of hydrogen-bond acceptors (Lipinski definition) is 6. The Morgan fingerprint density at radius 2 is 1.67 bits per heavy atom. The fraction of sp³-hybridized carbons (Fsp3) is 0.441. The van der Waals surface area contributed by atoms with Crippen LogP contribution in [0.4, 0.5) is 22.0 Å². The van der Waals surface area contributed by atoms with Crippen molar-refractivity contribution in [2.45, 2.75) is 74.7 Å². The summed E-state index contributed by atoms with van der Waals surface area (Å²) in [6, 6.07) is 14.0. The number of aliphatic hydroxyl groups is 1. The molecule has 1 heterocycles. The van der Waals surface area contributed by atoms with Crippen LogP contribution in [0.15, 0.2) is 54.6 Å². The maximum absolute atomic E-state index is 14.2. The van der Waals surface area contributed by atoms with Gasteiger partial charge in [0.05, 0.1) is 31.3 Å². The first kappa shape index (κ1) is 31.1. The molecule has 0 unspecified atom stereocenters. The number of carbonyl (C=O) groups is 1. The molecule has 3 aromatic carbocycles. The molecule has 3 aromatic rings. The summed E-state index contributed by atoms with van der Waals surface area (Å²) >= 11 is 0. The number of benzene rings is 3. The second-order valence-electron chi connectivity index (χ2n) is 12.1. The number of halogens is 5. The van der Waals surface area contributed by atoms with Crippen LogP contribution in [0.3, 0.4) is 0 Å². The SMILES string of the molecule is COC(=O)C[C@@H]1COc2cc(O[C@@H]3CCc4c3ccc(C(F)(F)F)c4-c3ccc(OCC4(O)CCC(F)(F)CC4)cc3)ccc21. The third-order valence-electron chi connectivity index (χ3n) is 9.00. The van der Waals surface area contributed by atoms with Crippen LogP contribution in [0.5, 0.6) is 17.2 Å². The lowest BCUT2D eigenvalue weighted by atomic mass is 9.83. The molecule has 0 bridgehead atoms. The first-order valence-corrected chi connectivity index (χ1v) is 14.9. The molecule has 240 valence electrons. The highest BCUT2D eigenvalue weighted by Gasteiger charge is 2.43. The van der Waals surface area contributed by atoms with E-state index in [0.29, 0.717) is 53.4 Å². The highest BCUT2D eigenvalue weighted by atomic mass is 19.4. The molecule has 1 N–H and O–H groups in total. The van der Waals surface area contributed by atoms with Gasteiger partial charge in [-0.2, -0.15) is 13.2 Å². The monoisotopic (exact) mass is 632 g/mol. The summed E-state index contributed by atoms with van der Waals surface area (Å²) in [7, 11) is 1.34. The Hall–Kier alpha value is -3.86. The third-order valence-corrected chi connectivity index (χ3v) is 9.00. The van der Waals surface area contributed by atoms with Gasteiger partial charge in [0.1, 0.15) is 30.0 Å². The number of fused-ring (bicyclic) bond motifs is 2. The van der Waals surface area contributed by atoms with Crippen LogP contribution in [0.2, 0.25) is 0 Å². The molecule has 3 aliphatic rings. The molecular weight excluding hydrogens is 599 g/mol. The van der Waals surface area contributed by atoms with Gasteiger partial charge in [-0.15, -0.1) is 0 Å². The number of esters is 1. The van der Waals surface area contributed by atoms with E-state index >= 15 is 0 Å². The van der Waals surface area contributed by atoms with Gasteiger partial charge in [0, 0.05) is 30.4 Å². The summed E-state index contributed by atoms with van der Waals surface area (Å²) in [5, 5.41) is 10.6. The molecule has 11 heteroatoms. The lowest BCUT2D eigenvalue weighted by Gasteiger charge is -2.35. The molecule has 6 rings (SSSR count). The Labute approximate surface area is 257 Å². The minimum atomic E-state index is -4.59. The van der Waals surface area contributed by atoms with Gasteiger partial charge < -0.3 is 24.1 Å². The zero-order valence-corrected chi connectivity index (χ0v) is 24.6. The van der Waals surface area contributed by atoms with Gasteiger partial charge in [-0.05, 0) is 72.2 Å². The van der Waals surface area contributed by atoms with Crippen molar-refractivity contribution in [3.63, 3.8) is 0 Å². The van der Waals surface area contributed by atoms with Crippen molar-refractivity contribution in [1.82, 2.24) is 0 Å². The largest absolute Gasteiger partial charge is 0.492 e. The summed E-state index contributed by atoms with van der Waals surface area (Å²) in [6.07, 6.45) is -5.06. The molecule has 0 saturated heterocycles. The maximum Gasteiger partial charge on any atom is 0.417 e. The highest BCUT2D eigenvalue weighted by molar-refractivity contribution is 5.75. The van der Waals surface area contributed by atoms with Crippen LogP contribution in [0.25, 0.3) is 11.1 Å². The number of methoxy groups -OCH3 is 1. The molecule has 0 aromatic heterocycles. The Balaban J connectivity index is 1.20. The maximum atomic E-state index is 14.2. The molecule has 45 heavy (non-hydrogen) atoms. The Kier molecular flexibility index (Phi) is 8.18. The number of ether oxygens (including phenoxy) is 4. The smallest absolute Gasteiger partial charge is 0.417 e. The first-order valence-electron chi connectivity index (χ1n) is 14.9. The van der Waals surface area contributed by atoms with Crippen molar-refractivity contribution in [2.75, 3.05) is 20.3 Å². The van der Waals surface area contributed by atoms with Crippen molar-refractivity contribution in [1.29, 1.82) is 0 Å². The van der Waals surface area contributed by atoms with E-state index in [1.54, 1.807) is 12.1 Å². The van der Waals surface area contributed by atoms with Crippen molar-refractivity contribution in [3.05, 3.63) is 76.9 Å². The Bertz CT molecular complexity index is 1560. The number of carbonyl (C=O) groups excluding carboxylic acids is 1. The summed E-state index contributed by atoms with van der Waals surface area (Å²) in [5.74, 6) is -1.82. The van der Waals surface area contributed by atoms with Crippen LogP contribution in [0, 0.1) is 0 Å². The number of rotatable bonds is 8. The van der Waals surface area contributed by atoms with Crippen LogP contribution in [-0.2, 0) is 22.1 Å². The quantitative estimate of drug-likeness (QED) is 0.202. The van der Waals surface area contributed by atoms with Gasteiger partial charge in [-0.3, -0.25) is 4.79 Å². The molecule has 0 amide bonds. The number of hydrogen-bond donors (Lipinski definition) is 1. The minimum Gasteiger partial charge on any atom is -0.492 e. The zero-order chi connectivity index (χ0) is 32.0. The third kappa shape index (κ3) is 6.59.